The summed E-state index contributed by atoms with van der Waals surface area (Å²) in [6.07, 6.45) is 18.7. The molecule has 0 saturated heterocycles. The second-order valence-electron chi connectivity index (χ2n) is 7.59. The monoisotopic (exact) mass is 380 g/mol. The number of hydrogen-bond donors (Lipinski definition) is 0. The molecule has 0 fully saturated rings. The molecule has 0 heterocycles. The maximum atomic E-state index is 3.47. The van der Waals surface area contributed by atoms with Crippen LogP contribution in [-0.4, -0.2) is 0 Å². The van der Waals surface area contributed by atoms with E-state index in [0.717, 1.165) is 31.3 Å². The fourth-order valence-corrected chi connectivity index (χ4v) is 2.85. The van der Waals surface area contributed by atoms with E-state index >= 15 is 0 Å². The Morgan fingerprint density at radius 2 is 0.857 bits per heavy atom. The van der Waals surface area contributed by atoms with Gasteiger partial charge in [-0.15, -0.1) is 0 Å². The van der Waals surface area contributed by atoms with Crippen LogP contribution in [0.4, 0.5) is 0 Å². The Morgan fingerprint density at radius 1 is 0.464 bits per heavy atom. The van der Waals surface area contributed by atoms with Crippen molar-refractivity contribution in [1.82, 2.24) is 0 Å². The van der Waals surface area contributed by atoms with Crippen molar-refractivity contribution >= 4 is 0 Å². The van der Waals surface area contributed by atoms with E-state index in [0.29, 0.717) is 0 Å². The van der Waals surface area contributed by atoms with Crippen LogP contribution in [0.3, 0.4) is 0 Å². The van der Waals surface area contributed by atoms with Gasteiger partial charge in [-0.2, -0.15) is 0 Å². The predicted molar refractivity (Wildman–Crippen MR) is 127 cm³/mol. The van der Waals surface area contributed by atoms with Crippen LogP contribution in [0.5, 0.6) is 0 Å². The maximum Gasteiger partial charge on any atom is 0.0859 e. The molecule has 0 amide bonds. The lowest BCUT2D eigenvalue weighted by atomic mass is 10.0. The molecule has 0 aromatic carbocycles. The zero-order chi connectivity index (χ0) is 20.7. The highest BCUT2D eigenvalue weighted by atomic mass is 14.0. The number of allylic oxidation sites excluding steroid dienone is 2. The summed E-state index contributed by atoms with van der Waals surface area (Å²) in [5.74, 6) is 20.4. The first-order valence-corrected chi connectivity index (χ1v) is 12.0. The molecule has 28 heavy (non-hydrogen) atoms. The molecule has 0 rings (SSSR count). The standard InChI is InChI=1S/C28H44/c1-5-9-13-16-20-24-27(23-19-12-8-4)28(25-21-17-14-10-6-2)26-22-18-15-11-7-3/h5-19,23H2,1-4H3. The van der Waals surface area contributed by atoms with E-state index < -0.39 is 0 Å². The van der Waals surface area contributed by atoms with Crippen LogP contribution in [0.2, 0.25) is 0 Å². The van der Waals surface area contributed by atoms with Crippen molar-refractivity contribution in [1.29, 1.82) is 0 Å². The Bertz CT molecular complexity index is 541. The van der Waals surface area contributed by atoms with Gasteiger partial charge in [-0.1, -0.05) is 115 Å². The van der Waals surface area contributed by atoms with E-state index in [1.54, 1.807) is 0 Å². The molecule has 0 aliphatic carbocycles. The molecule has 0 unspecified atom stereocenters. The molecule has 0 aromatic heterocycles. The molecular weight excluding hydrogens is 336 g/mol. The van der Waals surface area contributed by atoms with Crippen molar-refractivity contribution < 1.29 is 0 Å². The minimum atomic E-state index is 0.973. The van der Waals surface area contributed by atoms with E-state index in [1.165, 1.54) is 82.6 Å². The van der Waals surface area contributed by atoms with Crippen LogP contribution in [-0.2, 0) is 0 Å². The summed E-state index contributed by atoms with van der Waals surface area (Å²) in [6, 6.07) is 0. The molecule has 156 valence electrons. The van der Waals surface area contributed by atoms with Gasteiger partial charge in [0.25, 0.3) is 0 Å². The second-order valence-corrected chi connectivity index (χ2v) is 7.59. The zero-order valence-electron chi connectivity index (χ0n) is 19.3. The highest BCUT2D eigenvalue weighted by Gasteiger charge is 2.01. The van der Waals surface area contributed by atoms with Gasteiger partial charge in [0.05, 0.1) is 5.57 Å². The Morgan fingerprint density at radius 3 is 1.29 bits per heavy atom. The molecule has 0 radical (unpaired) electrons. The molecule has 0 nitrogen and oxygen atoms in total. The second kappa shape index (κ2) is 21.7. The summed E-state index contributed by atoms with van der Waals surface area (Å²) in [4.78, 5) is 0. The first kappa shape index (κ1) is 26.4. The summed E-state index contributed by atoms with van der Waals surface area (Å²) < 4.78 is 0. The third-order valence-electron chi connectivity index (χ3n) is 4.71. The fraction of sp³-hybridized carbons (Fsp3) is 0.714. The predicted octanol–water partition coefficient (Wildman–Crippen LogP) is 8.61. The molecule has 0 saturated carbocycles. The Kier molecular flexibility index (Phi) is 20.5. The topological polar surface area (TPSA) is 0 Å². The van der Waals surface area contributed by atoms with E-state index in [2.05, 4.69) is 63.2 Å². The number of hydrogen-bond acceptors (Lipinski definition) is 0. The van der Waals surface area contributed by atoms with E-state index in [1.807, 2.05) is 0 Å². The largest absolute Gasteiger partial charge is 0.0982 e. The first-order valence-electron chi connectivity index (χ1n) is 12.0. The average Bonchev–Trinajstić information content (AvgIpc) is 2.70. The van der Waals surface area contributed by atoms with Gasteiger partial charge >= 0.3 is 0 Å². The van der Waals surface area contributed by atoms with Gasteiger partial charge in [-0.25, -0.2) is 0 Å². The smallest absolute Gasteiger partial charge is 0.0859 e. The lowest BCUT2D eigenvalue weighted by Gasteiger charge is -2.01. The van der Waals surface area contributed by atoms with Crippen molar-refractivity contribution in [3.05, 3.63) is 11.1 Å². The van der Waals surface area contributed by atoms with Crippen molar-refractivity contribution in [2.24, 2.45) is 0 Å². The van der Waals surface area contributed by atoms with Crippen molar-refractivity contribution in [3.63, 3.8) is 0 Å². The molecule has 0 N–H and O–H groups in total. The summed E-state index contributed by atoms with van der Waals surface area (Å²) in [5, 5.41) is 0. The van der Waals surface area contributed by atoms with Gasteiger partial charge in [0.2, 0.25) is 0 Å². The van der Waals surface area contributed by atoms with E-state index in [9.17, 15) is 0 Å². The minimum Gasteiger partial charge on any atom is -0.0982 e. The highest BCUT2D eigenvalue weighted by molar-refractivity contribution is 5.53. The average molecular weight is 381 g/mol. The Hall–Kier alpha value is -1.58. The summed E-state index contributed by atoms with van der Waals surface area (Å²) in [5.41, 5.74) is 2.20. The molecule has 0 aliphatic rings. The molecule has 0 aliphatic heterocycles. The van der Waals surface area contributed by atoms with E-state index in [4.69, 9.17) is 0 Å². The lowest BCUT2D eigenvalue weighted by Crippen LogP contribution is -1.89. The van der Waals surface area contributed by atoms with Crippen LogP contribution in [0, 0.1) is 35.5 Å². The van der Waals surface area contributed by atoms with Crippen LogP contribution in [0.25, 0.3) is 0 Å². The molecule has 0 aromatic rings. The van der Waals surface area contributed by atoms with Crippen molar-refractivity contribution in [3.8, 4) is 35.5 Å². The molecule has 0 spiro atoms. The highest BCUT2D eigenvalue weighted by Crippen LogP contribution is 2.14. The van der Waals surface area contributed by atoms with Gasteiger partial charge in [-0.05, 0) is 32.1 Å². The Balaban J connectivity index is 5.37. The molecular formula is C28H44. The maximum absolute atomic E-state index is 3.47. The normalized spacial score (nSPS) is 9.43. The first-order chi connectivity index (χ1) is 13.8. The minimum absolute atomic E-state index is 0.973. The number of rotatable bonds is 13. The summed E-state index contributed by atoms with van der Waals surface area (Å²) >= 11 is 0. The van der Waals surface area contributed by atoms with Crippen LogP contribution in [0.15, 0.2) is 11.1 Å². The SMILES string of the molecule is CCCCCC#CC(C#CCCCCC)=C(C#CCCCCC)CCCCC. The van der Waals surface area contributed by atoms with Gasteiger partial charge in [-0.3, -0.25) is 0 Å². The molecule has 0 heteroatoms. The van der Waals surface area contributed by atoms with Crippen LogP contribution < -0.4 is 0 Å². The number of unbranched alkanes of at least 4 members (excludes halogenated alkanes) is 11. The van der Waals surface area contributed by atoms with Gasteiger partial charge < -0.3 is 0 Å². The fourth-order valence-electron chi connectivity index (χ4n) is 2.85. The van der Waals surface area contributed by atoms with Gasteiger partial charge in [0.1, 0.15) is 0 Å². The van der Waals surface area contributed by atoms with E-state index in [-0.39, 0.29) is 0 Å². The van der Waals surface area contributed by atoms with Crippen molar-refractivity contribution in [2.45, 2.75) is 130 Å². The van der Waals surface area contributed by atoms with Crippen LogP contribution in [0.1, 0.15) is 130 Å². The van der Waals surface area contributed by atoms with Gasteiger partial charge in [0.15, 0.2) is 0 Å². The molecule has 0 atom stereocenters. The van der Waals surface area contributed by atoms with Crippen molar-refractivity contribution in [2.75, 3.05) is 0 Å². The Labute approximate surface area is 177 Å². The summed E-state index contributed by atoms with van der Waals surface area (Å²) in [7, 11) is 0. The zero-order valence-corrected chi connectivity index (χ0v) is 19.3. The van der Waals surface area contributed by atoms with Crippen LogP contribution >= 0.6 is 0 Å². The lowest BCUT2D eigenvalue weighted by molar-refractivity contribution is 0.719. The third-order valence-corrected chi connectivity index (χ3v) is 4.71. The quantitative estimate of drug-likeness (QED) is 0.221. The van der Waals surface area contributed by atoms with Gasteiger partial charge in [0, 0.05) is 24.8 Å². The molecule has 0 bridgehead atoms. The summed E-state index contributed by atoms with van der Waals surface area (Å²) in [6.45, 7) is 8.96. The third kappa shape index (κ3) is 16.6.